The minimum absolute atomic E-state index is 0.0102. The van der Waals surface area contributed by atoms with E-state index in [2.05, 4.69) is 27.4 Å². The topological polar surface area (TPSA) is 52.7 Å². The second kappa shape index (κ2) is 7.69. The Balaban J connectivity index is 1.67. The zero-order valence-electron chi connectivity index (χ0n) is 14.9. The smallest absolute Gasteiger partial charge is 0.383 e. The lowest BCUT2D eigenvalue weighted by molar-refractivity contribution is -0.138. The van der Waals surface area contributed by atoms with E-state index in [1.807, 2.05) is 0 Å². The summed E-state index contributed by atoms with van der Waals surface area (Å²) in [5, 5.41) is 11.8. The number of alkyl halides is 6. The maximum atomic E-state index is 13.2. The lowest BCUT2D eigenvalue weighted by Crippen LogP contribution is -2.22. The third kappa shape index (κ3) is 4.47. The average molecular weight is 414 g/mol. The quantitative estimate of drug-likeness (QED) is 0.380. The second-order valence-electron chi connectivity index (χ2n) is 6.17. The van der Waals surface area contributed by atoms with Gasteiger partial charge in [0.2, 0.25) is 0 Å². The van der Waals surface area contributed by atoms with Crippen LogP contribution >= 0.6 is 0 Å². The first-order valence-corrected chi connectivity index (χ1v) is 8.46. The molecule has 0 unspecified atom stereocenters. The summed E-state index contributed by atoms with van der Waals surface area (Å²) in [6, 6.07) is 8.69. The van der Waals surface area contributed by atoms with Crippen LogP contribution < -0.4 is 10.6 Å². The third-order valence-corrected chi connectivity index (χ3v) is 4.21. The normalized spacial score (nSPS) is 12.2. The lowest BCUT2D eigenvalue weighted by Gasteiger charge is -2.16. The van der Waals surface area contributed by atoms with Gasteiger partial charge in [0.15, 0.2) is 5.82 Å². The van der Waals surface area contributed by atoms with Crippen LogP contribution in [0.3, 0.4) is 0 Å². The van der Waals surface area contributed by atoms with Crippen LogP contribution in [0.25, 0.3) is 16.6 Å². The van der Waals surface area contributed by atoms with Crippen molar-refractivity contribution in [3.8, 4) is 0 Å². The summed E-state index contributed by atoms with van der Waals surface area (Å²) in [7, 11) is 0. The molecule has 0 aliphatic heterocycles. The molecule has 0 bridgehead atoms. The number of halogens is 6. The van der Waals surface area contributed by atoms with Gasteiger partial charge in [-0.2, -0.15) is 31.4 Å². The Hall–Kier alpha value is -3.17. The maximum absolute atomic E-state index is 13.2. The average Bonchev–Trinajstić information content (AvgIpc) is 3.06. The molecule has 0 atom stereocenters. The van der Waals surface area contributed by atoms with Gasteiger partial charge in [0.25, 0.3) is 0 Å². The van der Waals surface area contributed by atoms with E-state index in [1.54, 1.807) is 0 Å². The van der Waals surface area contributed by atoms with E-state index < -0.39 is 23.5 Å². The van der Waals surface area contributed by atoms with Gasteiger partial charge in [-0.1, -0.05) is 30.8 Å². The van der Waals surface area contributed by atoms with E-state index in [-0.39, 0.29) is 41.1 Å². The predicted octanol–water partition coefficient (Wildman–Crippen LogP) is 5.27. The van der Waals surface area contributed by atoms with Crippen LogP contribution in [0.1, 0.15) is 16.7 Å². The van der Waals surface area contributed by atoms with Crippen LogP contribution in [-0.4, -0.2) is 23.3 Å². The summed E-state index contributed by atoms with van der Waals surface area (Å²) in [6.45, 7) is 3.85. The molecular formula is C19H16F6N4. The highest BCUT2D eigenvalue weighted by Crippen LogP contribution is 2.37. The van der Waals surface area contributed by atoms with Crippen LogP contribution in [0, 0.1) is 0 Å². The highest BCUT2D eigenvalue weighted by atomic mass is 19.4. The van der Waals surface area contributed by atoms with Crippen molar-refractivity contribution in [1.82, 2.24) is 15.5 Å². The lowest BCUT2D eigenvalue weighted by atomic mass is 10.0. The molecule has 1 heterocycles. The molecule has 0 saturated heterocycles. The van der Waals surface area contributed by atoms with Gasteiger partial charge in [-0.25, -0.2) is 0 Å². The van der Waals surface area contributed by atoms with Gasteiger partial charge >= 0.3 is 12.4 Å². The van der Waals surface area contributed by atoms with Crippen molar-refractivity contribution in [2.45, 2.75) is 12.4 Å². The molecule has 0 spiro atoms. The third-order valence-electron chi connectivity index (χ3n) is 4.21. The molecule has 0 radical (unpaired) electrons. The van der Waals surface area contributed by atoms with Crippen LogP contribution in [0.5, 0.6) is 0 Å². The van der Waals surface area contributed by atoms with E-state index in [0.717, 1.165) is 12.1 Å². The van der Waals surface area contributed by atoms with E-state index in [0.29, 0.717) is 0 Å². The van der Waals surface area contributed by atoms with E-state index in [4.69, 9.17) is 0 Å². The molecule has 0 aliphatic carbocycles. The fourth-order valence-electron chi connectivity index (χ4n) is 2.92. The molecule has 1 aromatic heterocycles. The van der Waals surface area contributed by atoms with Crippen molar-refractivity contribution in [3.05, 3.63) is 65.7 Å². The van der Waals surface area contributed by atoms with Crippen molar-refractivity contribution < 1.29 is 26.3 Å². The molecule has 0 fully saturated rings. The first kappa shape index (κ1) is 20.6. The zero-order chi connectivity index (χ0) is 21.2. The first-order chi connectivity index (χ1) is 13.6. The number of anilines is 1. The van der Waals surface area contributed by atoms with E-state index in [9.17, 15) is 26.3 Å². The van der Waals surface area contributed by atoms with Crippen molar-refractivity contribution in [2.24, 2.45) is 0 Å². The van der Waals surface area contributed by atoms with Gasteiger partial charge < -0.3 is 10.6 Å². The van der Waals surface area contributed by atoms with Crippen molar-refractivity contribution >= 4 is 22.4 Å². The van der Waals surface area contributed by atoms with E-state index in [1.165, 1.54) is 30.3 Å². The molecule has 3 aromatic rings. The Kier molecular flexibility index (Phi) is 5.45. The zero-order valence-corrected chi connectivity index (χ0v) is 14.9. The molecule has 154 valence electrons. The van der Waals surface area contributed by atoms with Crippen molar-refractivity contribution in [3.63, 3.8) is 0 Å². The van der Waals surface area contributed by atoms with Crippen LogP contribution in [-0.2, 0) is 12.4 Å². The molecular weight excluding hydrogens is 398 g/mol. The molecule has 4 nitrogen and oxygen atoms in total. The monoisotopic (exact) mass is 414 g/mol. The Morgan fingerprint density at radius 1 is 0.897 bits per heavy atom. The molecule has 0 aliphatic rings. The van der Waals surface area contributed by atoms with Gasteiger partial charge in [-0.15, -0.1) is 0 Å². The predicted molar refractivity (Wildman–Crippen MR) is 98.1 cm³/mol. The molecule has 0 saturated carbocycles. The number of nitrogens with one attached hydrogen (secondary N) is 3. The minimum Gasteiger partial charge on any atom is -0.383 e. The number of aromatic nitrogens is 2. The SMILES string of the molecule is C=C(NCCNc1n[nH]c2cccc(C(F)(F)F)c12)c1ccccc1C(F)(F)F. The fourth-order valence-corrected chi connectivity index (χ4v) is 2.92. The number of rotatable bonds is 6. The van der Waals surface area contributed by atoms with Gasteiger partial charge in [-0.05, 0) is 18.2 Å². The number of fused-ring (bicyclic) bond motifs is 1. The first-order valence-electron chi connectivity index (χ1n) is 8.46. The fraction of sp³-hybridized carbons (Fsp3) is 0.211. The number of nitrogens with zero attached hydrogens (tertiary/aromatic N) is 1. The van der Waals surface area contributed by atoms with Crippen molar-refractivity contribution in [2.75, 3.05) is 18.4 Å². The van der Waals surface area contributed by atoms with Gasteiger partial charge in [0.05, 0.1) is 22.0 Å². The molecule has 29 heavy (non-hydrogen) atoms. The maximum Gasteiger partial charge on any atom is 0.417 e. The molecule has 2 aromatic carbocycles. The molecule has 10 heteroatoms. The van der Waals surface area contributed by atoms with Crippen molar-refractivity contribution in [1.29, 1.82) is 0 Å². The van der Waals surface area contributed by atoms with Gasteiger partial charge in [-0.3, -0.25) is 5.10 Å². The largest absolute Gasteiger partial charge is 0.417 e. The Morgan fingerprint density at radius 2 is 1.55 bits per heavy atom. The van der Waals surface area contributed by atoms with E-state index >= 15 is 0 Å². The summed E-state index contributed by atoms with van der Waals surface area (Å²) < 4.78 is 78.9. The molecule has 3 rings (SSSR count). The Morgan fingerprint density at radius 3 is 2.24 bits per heavy atom. The summed E-state index contributed by atoms with van der Waals surface area (Å²) >= 11 is 0. The highest BCUT2D eigenvalue weighted by molar-refractivity contribution is 5.93. The molecule has 3 N–H and O–H groups in total. The molecule has 0 amide bonds. The van der Waals surface area contributed by atoms with Crippen LogP contribution in [0.4, 0.5) is 32.2 Å². The number of aromatic amines is 1. The van der Waals surface area contributed by atoms with Crippen LogP contribution in [0.2, 0.25) is 0 Å². The summed E-state index contributed by atoms with van der Waals surface area (Å²) in [6.07, 6.45) is -9.07. The highest BCUT2D eigenvalue weighted by Gasteiger charge is 2.34. The van der Waals surface area contributed by atoms with Gasteiger partial charge in [0, 0.05) is 24.4 Å². The minimum atomic E-state index is -4.55. The number of hydrogen-bond acceptors (Lipinski definition) is 3. The Bertz CT molecular complexity index is 1020. The number of hydrogen-bond donors (Lipinski definition) is 3. The second-order valence-corrected chi connectivity index (χ2v) is 6.17. The van der Waals surface area contributed by atoms with Gasteiger partial charge in [0.1, 0.15) is 0 Å². The number of H-pyrrole nitrogens is 1. The standard InChI is InChI=1S/C19H16F6N4/c1-11(12-5-2-3-6-13(12)18(20,21)22)26-9-10-27-17-16-14(19(23,24)25)7-4-8-15(16)28-29-17/h2-8,26H,1,9-10H2,(H2,27,28,29). The van der Waals surface area contributed by atoms with Crippen LogP contribution in [0.15, 0.2) is 49.0 Å². The summed E-state index contributed by atoms with van der Waals surface area (Å²) in [5.41, 5.74) is -1.47. The Labute approximate surface area is 161 Å². The summed E-state index contributed by atoms with van der Waals surface area (Å²) in [5.74, 6) is 0.0102. The summed E-state index contributed by atoms with van der Waals surface area (Å²) in [4.78, 5) is 0. The number of benzene rings is 2.